The van der Waals surface area contributed by atoms with Crippen LogP contribution in [0.1, 0.15) is 84.0 Å². The minimum Gasteiger partial charge on any atom is -0.748 e. The number of hydrogen-bond acceptors (Lipinski definition) is 4. The van der Waals surface area contributed by atoms with Crippen LogP contribution < -0.4 is 29.6 Å². The molecule has 0 radical (unpaired) electrons. The first kappa shape index (κ1) is 24.1. The molecular weight excluding hydrogens is 299 g/mol. The van der Waals surface area contributed by atoms with Gasteiger partial charge in [0.05, 0.1) is 16.2 Å². The van der Waals surface area contributed by atoms with Crippen molar-refractivity contribution in [2.45, 2.75) is 90.1 Å². The maximum Gasteiger partial charge on any atom is 1.00 e. The molecule has 0 saturated carbocycles. The third kappa shape index (κ3) is 20.9. The van der Waals surface area contributed by atoms with Gasteiger partial charge in [-0.15, -0.1) is 0 Å². The minimum atomic E-state index is -4.06. The van der Waals surface area contributed by atoms with Gasteiger partial charge in [0.25, 0.3) is 0 Å². The van der Waals surface area contributed by atoms with Crippen LogP contribution in [0.5, 0.6) is 0 Å². The van der Waals surface area contributed by atoms with Gasteiger partial charge in [0, 0.05) is 5.75 Å². The predicted molar refractivity (Wildman–Crippen MR) is 81.6 cm³/mol. The van der Waals surface area contributed by atoms with Crippen molar-refractivity contribution in [3.63, 3.8) is 0 Å². The van der Waals surface area contributed by atoms with Crippen LogP contribution in [0.3, 0.4) is 0 Å². The third-order valence-electron chi connectivity index (χ3n) is 3.57. The summed E-state index contributed by atoms with van der Waals surface area (Å²) in [5, 5.41) is 9.77. The zero-order valence-electron chi connectivity index (χ0n) is 13.8. The molecule has 4 nitrogen and oxygen atoms in total. The van der Waals surface area contributed by atoms with Crippen molar-refractivity contribution < 1.29 is 47.6 Å². The molecule has 6 heteroatoms. The SMILES string of the molecule is CCCCCCCCCC(O)CCCCCS(=O)(=O)[O-].[Na+]. The molecule has 0 saturated heterocycles. The first-order valence-electron chi connectivity index (χ1n) is 8.07. The second-order valence-corrected chi connectivity index (χ2v) is 7.20. The number of unbranched alkanes of at least 4 members (excludes halogenated alkanes) is 8. The largest absolute Gasteiger partial charge is 1.00 e. The van der Waals surface area contributed by atoms with Crippen LogP contribution in [0.2, 0.25) is 0 Å². The van der Waals surface area contributed by atoms with Crippen LogP contribution in [-0.2, 0) is 10.1 Å². The van der Waals surface area contributed by atoms with Gasteiger partial charge in [0.2, 0.25) is 0 Å². The van der Waals surface area contributed by atoms with Gasteiger partial charge < -0.3 is 9.66 Å². The first-order chi connectivity index (χ1) is 9.45. The average molecular weight is 330 g/mol. The molecule has 1 N–H and O–H groups in total. The maximum atomic E-state index is 10.4. The molecule has 0 aromatic heterocycles. The van der Waals surface area contributed by atoms with Crippen molar-refractivity contribution in [1.82, 2.24) is 0 Å². The smallest absolute Gasteiger partial charge is 0.748 e. The Hall–Kier alpha value is 0.870. The molecular formula is C15H31NaO4S. The van der Waals surface area contributed by atoms with E-state index in [4.69, 9.17) is 0 Å². The molecule has 0 heterocycles. The van der Waals surface area contributed by atoms with Crippen molar-refractivity contribution in [3.05, 3.63) is 0 Å². The Labute approximate surface area is 153 Å². The van der Waals surface area contributed by atoms with E-state index in [1.807, 2.05) is 0 Å². The fourth-order valence-corrected chi connectivity index (χ4v) is 2.87. The molecule has 1 unspecified atom stereocenters. The molecule has 0 aromatic carbocycles. The van der Waals surface area contributed by atoms with Crippen molar-refractivity contribution in [1.29, 1.82) is 0 Å². The summed E-state index contributed by atoms with van der Waals surface area (Å²) in [5.41, 5.74) is 0. The second-order valence-electron chi connectivity index (χ2n) is 5.67. The summed E-state index contributed by atoms with van der Waals surface area (Å²) in [6, 6.07) is 0. The van der Waals surface area contributed by atoms with Crippen LogP contribution in [0.25, 0.3) is 0 Å². The van der Waals surface area contributed by atoms with Crippen molar-refractivity contribution >= 4 is 10.1 Å². The van der Waals surface area contributed by atoms with Crippen molar-refractivity contribution in [3.8, 4) is 0 Å². The molecule has 0 aliphatic rings. The van der Waals surface area contributed by atoms with Gasteiger partial charge in [0.15, 0.2) is 0 Å². The van der Waals surface area contributed by atoms with Crippen LogP contribution >= 0.6 is 0 Å². The Balaban J connectivity index is 0. The monoisotopic (exact) mass is 330 g/mol. The summed E-state index contributed by atoms with van der Waals surface area (Å²) in [6.07, 6.45) is 11.9. The Bertz CT molecular complexity index is 307. The van der Waals surface area contributed by atoms with Gasteiger partial charge in [-0.3, -0.25) is 0 Å². The Kier molecular flexibility index (Phi) is 18.1. The third-order valence-corrected chi connectivity index (χ3v) is 4.36. The van der Waals surface area contributed by atoms with E-state index in [2.05, 4.69) is 6.92 Å². The maximum absolute atomic E-state index is 10.4. The van der Waals surface area contributed by atoms with Gasteiger partial charge in [0.1, 0.15) is 0 Å². The van der Waals surface area contributed by atoms with E-state index in [0.29, 0.717) is 12.8 Å². The Morgan fingerprint density at radius 3 is 1.76 bits per heavy atom. The molecule has 0 bridgehead atoms. The molecule has 0 amide bonds. The number of hydrogen-bond donors (Lipinski definition) is 1. The summed E-state index contributed by atoms with van der Waals surface area (Å²) in [5.74, 6) is -0.277. The fraction of sp³-hybridized carbons (Fsp3) is 1.00. The summed E-state index contributed by atoms with van der Waals surface area (Å²) in [7, 11) is -4.06. The molecule has 0 rings (SSSR count). The summed E-state index contributed by atoms with van der Waals surface area (Å²) >= 11 is 0. The molecule has 0 fully saturated rings. The van der Waals surface area contributed by atoms with E-state index in [0.717, 1.165) is 25.7 Å². The number of aliphatic hydroxyl groups is 1. The van der Waals surface area contributed by atoms with E-state index in [1.165, 1.54) is 38.5 Å². The van der Waals surface area contributed by atoms with Crippen LogP contribution in [0, 0.1) is 0 Å². The first-order valence-corrected chi connectivity index (χ1v) is 9.65. The molecule has 0 aliphatic carbocycles. The van der Waals surface area contributed by atoms with E-state index < -0.39 is 10.1 Å². The average Bonchev–Trinajstić information content (AvgIpc) is 2.36. The zero-order chi connectivity index (χ0) is 15.3. The Morgan fingerprint density at radius 1 is 0.857 bits per heavy atom. The molecule has 1 atom stereocenters. The van der Waals surface area contributed by atoms with Crippen LogP contribution in [-0.4, -0.2) is 29.9 Å². The standard InChI is InChI=1S/C15H32O4S.Na/c1-2-3-4-5-6-7-9-12-15(16)13-10-8-11-14-20(17,18)19;/h15-16H,2-14H2,1H3,(H,17,18,19);/q;+1/p-1. The van der Waals surface area contributed by atoms with Crippen LogP contribution in [0.15, 0.2) is 0 Å². The summed E-state index contributed by atoms with van der Waals surface area (Å²) in [6.45, 7) is 2.21. The Morgan fingerprint density at radius 2 is 1.29 bits per heavy atom. The summed E-state index contributed by atoms with van der Waals surface area (Å²) < 4.78 is 31.2. The van der Waals surface area contributed by atoms with E-state index in [-0.39, 0.29) is 41.4 Å². The van der Waals surface area contributed by atoms with Gasteiger partial charge >= 0.3 is 29.6 Å². The number of aliphatic hydroxyl groups excluding tert-OH is 1. The topological polar surface area (TPSA) is 77.4 Å². The number of rotatable bonds is 14. The second kappa shape index (κ2) is 15.8. The molecule has 0 aliphatic heterocycles. The van der Waals surface area contributed by atoms with Gasteiger partial charge in [-0.25, -0.2) is 8.42 Å². The van der Waals surface area contributed by atoms with Gasteiger partial charge in [-0.1, -0.05) is 64.7 Å². The van der Waals surface area contributed by atoms with Gasteiger partial charge in [-0.2, -0.15) is 0 Å². The zero-order valence-corrected chi connectivity index (χ0v) is 16.7. The minimum absolute atomic E-state index is 0. The molecule has 122 valence electrons. The molecule has 0 spiro atoms. The molecule has 0 aromatic rings. The quantitative estimate of drug-likeness (QED) is 0.287. The van der Waals surface area contributed by atoms with E-state index >= 15 is 0 Å². The van der Waals surface area contributed by atoms with E-state index in [9.17, 15) is 18.1 Å². The van der Waals surface area contributed by atoms with Crippen molar-refractivity contribution in [2.24, 2.45) is 0 Å². The molecule has 21 heavy (non-hydrogen) atoms. The van der Waals surface area contributed by atoms with E-state index in [1.54, 1.807) is 0 Å². The fourth-order valence-electron chi connectivity index (χ4n) is 2.32. The van der Waals surface area contributed by atoms with Crippen LogP contribution in [0.4, 0.5) is 0 Å². The van der Waals surface area contributed by atoms with Gasteiger partial charge in [-0.05, 0) is 19.3 Å². The summed E-state index contributed by atoms with van der Waals surface area (Å²) in [4.78, 5) is 0. The predicted octanol–water partition coefficient (Wildman–Crippen LogP) is 0.598. The van der Waals surface area contributed by atoms with Crippen molar-refractivity contribution in [2.75, 3.05) is 5.75 Å². The normalized spacial score (nSPS) is 12.9.